The third kappa shape index (κ3) is 5.05. The standard InChI is InChI=1S/C31H37Cl2N3O3S2/c1-20(2)35-10-12-36(13-11-35)41(38,39)26-14-21(6-7-25(26)40-24-16-22(32)15-23(33)17-24)18-31(19-34)27-8-9-30(5,28(31)37)29(27,3)4/h6-7,14-17,20,27H,8-13,18H2,1-5H3. The van der Waals surface area contributed by atoms with Gasteiger partial charge < -0.3 is 0 Å². The van der Waals surface area contributed by atoms with E-state index in [9.17, 15) is 18.5 Å². The Bertz CT molecular complexity index is 1510. The van der Waals surface area contributed by atoms with Gasteiger partial charge in [-0.1, -0.05) is 61.8 Å². The molecular formula is C31H37Cl2N3O3S2. The number of piperazine rings is 1. The number of halogens is 2. The topological polar surface area (TPSA) is 81.5 Å². The normalized spacial score (nSPS) is 28.4. The van der Waals surface area contributed by atoms with E-state index in [2.05, 4.69) is 38.7 Å². The minimum Gasteiger partial charge on any atom is -0.298 e. The number of sulfonamides is 1. The van der Waals surface area contributed by atoms with Gasteiger partial charge in [0.2, 0.25) is 10.0 Å². The van der Waals surface area contributed by atoms with Crippen LogP contribution in [0.4, 0.5) is 0 Å². The molecule has 1 aliphatic heterocycles. The van der Waals surface area contributed by atoms with Gasteiger partial charge in [-0.05, 0) is 80.3 Å². The van der Waals surface area contributed by atoms with Gasteiger partial charge in [0.25, 0.3) is 0 Å². The Morgan fingerprint density at radius 2 is 1.68 bits per heavy atom. The lowest BCUT2D eigenvalue weighted by Gasteiger charge is -2.36. The summed E-state index contributed by atoms with van der Waals surface area (Å²) in [6.45, 7) is 12.5. The second-order valence-electron chi connectivity index (χ2n) is 12.8. The number of ketones is 1. The molecule has 2 bridgehead atoms. The van der Waals surface area contributed by atoms with Gasteiger partial charge in [-0.15, -0.1) is 0 Å². The number of fused-ring (bicyclic) bond motifs is 2. The first-order chi connectivity index (χ1) is 19.2. The highest BCUT2D eigenvalue weighted by molar-refractivity contribution is 8.00. The van der Waals surface area contributed by atoms with Crippen molar-refractivity contribution in [2.24, 2.45) is 22.2 Å². The highest BCUT2D eigenvalue weighted by atomic mass is 35.5. The smallest absolute Gasteiger partial charge is 0.244 e. The van der Waals surface area contributed by atoms with E-state index in [-0.39, 0.29) is 28.4 Å². The van der Waals surface area contributed by atoms with Crippen molar-refractivity contribution in [3.05, 3.63) is 52.0 Å². The van der Waals surface area contributed by atoms with Crippen LogP contribution in [0.5, 0.6) is 0 Å². The van der Waals surface area contributed by atoms with Gasteiger partial charge in [0.15, 0.2) is 5.78 Å². The van der Waals surface area contributed by atoms with E-state index in [0.29, 0.717) is 52.7 Å². The first-order valence-electron chi connectivity index (χ1n) is 14.1. The number of nitriles is 1. The van der Waals surface area contributed by atoms with Gasteiger partial charge in [-0.2, -0.15) is 9.57 Å². The molecular weight excluding hydrogens is 597 g/mol. The van der Waals surface area contributed by atoms with Crippen LogP contribution in [-0.4, -0.2) is 55.6 Å². The summed E-state index contributed by atoms with van der Waals surface area (Å²) in [6, 6.07) is 13.3. The second-order valence-corrected chi connectivity index (χ2v) is 16.7. The summed E-state index contributed by atoms with van der Waals surface area (Å²) in [4.78, 5) is 17.6. The van der Waals surface area contributed by atoms with Crippen molar-refractivity contribution in [2.75, 3.05) is 26.2 Å². The number of Topliss-reactive ketones (excluding diaryl/α,β-unsaturated/α-hetero) is 1. The molecule has 3 aliphatic rings. The first kappa shape index (κ1) is 30.8. The Kier molecular flexibility index (Phi) is 8.15. The number of benzene rings is 2. The molecule has 0 aromatic heterocycles. The van der Waals surface area contributed by atoms with E-state index in [0.717, 1.165) is 17.7 Å². The third-order valence-electron chi connectivity index (χ3n) is 10.1. The Hall–Kier alpha value is -1.60. The van der Waals surface area contributed by atoms with Gasteiger partial charge in [-0.3, -0.25) is 9.69 Å². The highest BCUT2D eigenvalue weighted by Gasteiger charge is 2.73. The fourth-order valence-electron chi connectivity index (χ4n) is 7.38. The average Bonchev–Trinajstić information content (AvgIpc) is 3.22. The lowest BCUT2D eigenvalue weighted by atomic mass is 9.67. The summed E-state index contributed by atoms with van der Waals surface area (Å²) in [6.07, 6.45) is 1.80. The zero-order valence-electron chi connectivity index (χ0n) is 24.2. The maximum Gasteiger partial charge on any atom is 0.244 e. The lowest BCUT2D eigenvalue weighted by Crippen LogP contribution is -2.50. The molecule has 220 valence electrons. The van der Waals surface area contributed by atoms with E-state index >= 15 is 0 Å². The van der Waals surface area contributed by atoms with Crippen LogP contribution in [0.1, 0.15) is 53.0 Å². The van der Waals surface area contributed by atoms with Crippen LogP contribution >= 0.6 is 35.0 Å². The zero-order valence-corrected chi connectivity index (χ0v) is 27.4. The molecule has 2 saturated carbocycles. The van der Waals surface area contributed by atoms with Gasteiger partial charge in [0.05, 0.1) is 11.0 Å². The van der Waals surface area contributed by atoms with Crippen molar-refractivity contribution in [3.63, 3.8) is 0 Å². The number of nitrogens with zero attached hydrogens (tertiary/aromatic N) is 3. The van der Waals surface area contributed by atoms with E-state index in [1.807, 2.05) is 13.0 Å². The van der Waals surface area contributed by atoms with Crippen molar-refractivity contribution >= 4 is 50.8 Å². The van der Waals surface area contributed by atoms with E-state index in [4.69, 9.17) is 23.2 Å². The van der Waals surface area contributed by atoms with Crippen molar-refractivity contribution in [1.82, 2.24) is 9.21 Å². The second kappa shape index (κ2) is 10.8. The molecule has 10 heteroatoms. The van der Waals surface area contributed by atoms with Crippen LogP contribution in [-0.2, 0) is 21.2 Å². The molecule has 1 saturated heterocycles. The van der Waals surface area contributed by atoms with Gasteiger partial charge >= 0.3 is 0 Å². The lowest BCUT2D eigenvalue weighted by molar-refractivity contribution is -0.134. The minimum atomic E-state index is -3.87. The molecule has 2 aromatic rings. The molecule has 41 heavy (non-hydrogen) atoms. The number of carbonyl (C=O) groups is 1. The summed E-state index contributed by atoms with van der Waals surface area (Å²) >= 11 is 13.8. The fourth-order valence-corrected chi connectivity index (χ4v) is 10.9. The Morgan fingerprint density at radius 1 is 1.05 bits per heavy atom. The van der Waals surface area contributed by atoms with Crippen molar-refractivity contribution in [2.45, 2.75) is 74.6 Å². The van der Waals surface area contributed by atoms with E-state index in [1.54, 1.807) is 34.6 Å². The number of hydrogen-bond donors (Lipinski definition) is 0. The SMILES string of the molecule is CC(C)N1CCN(S(=O)(=O)c2cc(CC3(C#N)C(=O)C4(C)CCC3C4(C)C)ccc2Sc2cc(Cl)cc(Cl)c2)CC1. The summed E-state index contributed by atoms with van der Waals surface area (Å²) in [5.74, 6) is -0.0840. The summed E-state index contributed by atoms with van der Waals surface area (Å²) < 4.78 is 30.0. The predicted molar refractivity (Wildman–Crippen MR) is 164 cm³/mol. The van der Waals surface area contributed by atoms with Crippen LogP contribution in [0.25, 0.3) is 0 Å². The van der Waals surface area contributed by atoms with Crippen LogP contribution in [0, 0.1) is 33.5 Å². The van der Waals surface area contributed by atoms with Gasteiger partial charge in [0.1, 0.15) is 5.41 Å². The summed E-state index contributed by atoms with van der Waals surface area (Å²) in [5, 5.41) is 11.4. The number of hydrogen-bond acceptors (Lipinski definition) is 6. The highest BCUT2D eigenvalue weighted by Crippen LogP contribution is 2.70. The van der Waals surface area contributed by atoms with Crippen LogP contribution in [0.3, 0.4) is 0 Å². The average molecular weight is 635 g/mol. The first-order valence-corrected chi connectivity index (χ1v) is 17.1. The number of carbonyl (C=O) groups excluding carboxylic acids is 1. The molecule has 2 aliphatic carbocycles. The summed E-state index contributed by atoms with van der Waals surface area (Å²) in [5.41, 5.74) is -1.35. The van der Waals surface area contributed by atoms with Crippen molar-refractivity contribution < 1.29 is 13.2 Å². The van der Waals surface area contributed by atoms with E-state index < -0.39 is 20.9 Å². The maximum atomic E-state index is 14.2. The molecule has 3 fully saturated rings. The molecule has 5 rings (SSSR count). The van der Waals surface area contributed by atoms with Crippen molar-refractivity contribution in [3.8, 4) is 6.07 Å². The quantitative estimate of drug-likeness (QED) is 0.329. The zero-order chi connectivity index (χ0) is 30.0. The molecule has 6 nitrogen and oxygen atoms in total. The minimum absolute atomic E-state index is 0.00464. The third-order valence-corrected chi connectivity index (χ3v) is 13.7. The van der Waals surface area contributed by atoms with Crippen molar-refractivity contribution in [1.29, 1.82) is 5.26 Å². The Balaban J connectivity index is 1.55. The monoisotopic (exact) mass is 633 g/mol. The Labute approximate surface area is 258 Å². The van der Waals surface area contributed by atoms with Gasteiger partial charge in [0, 0.05) is 57.5 Å². The van der Waals surface area contributed by atoms with Crippen LogP contribution in [0.2, 0.25) is 10.0 Å². The predicted octanol–water partition coefficient (Wildman–Crippen LogP) is 6.94. The molecule has 0 amide bonds. The Morgan fingerprint density at radius 3 is 2.22 bits per heavy atom. The van der Waals surface area contributed by atoms with Crippen LogP contribution in [0.15, 0.2) is 51.1 Å². The van der Waals surface area contributed by atoms with E-state index in [1.165, 1.54) is 11.8 Å². The molecule has 1 heterocycles. The summed E-state index contributed by atoms with van der Waals surface area (Å²) in [7, 11) is -3.87. The molecule has 0 N–H and O–H groups in total. The fraction of sp³-hybridized carbons (Fsp3) is 0.548. The maximum absolute atomic E-state index is 14.2. The largest absolute Gasteiger partial charge is 0.298 e. The molecule has 3 atom stereocenters. The molecule has 0 radical (unpaired) electrons. The van der Waals surface area contributed by atoms with Gasteiger partial charge in [-0.25, -0.2) is 8.42 Å². The molecule has 3 unspecified atom stereocenters. The van der Waals surface area contributed by atoms with Crippen LogP contribution < -0.4 is 0 Å². The molecule has 2 aromatic carbocycles. The number of rotatable bonds is 7. The molecule has 0 spiro atoms.